The lowest BCUT2D eigenvalue weighted by molar-refractivity contribution is -0.143. The summed E-state index contributed by atoms with van der Waals surface area (Å²) in [6.07, 6.45) is 1.79. The van der Waals surface area contributed by atoms with Crippen LogP contribution >= 0.6 is 0 Å². The van der Waals surface area contributed by atoms with Gasteiger partial charge in [-0.2, -0.15) is 0 Å². The van der Waals surface area contributed by atoms with Crippen molar-refractivity contribution in [2.24, 2.45) is 7.05 Å². The number of rotatable bonds is 13. The van der Waals surface area contributed by atoms with Crippen molar-refractivity contribution in [1.29, 1.82) is 0 Å². The van der Waals surface area contributed by atoms with Gasteiger partial charge in [-0.05, 0) is 31.5 Å². The third-order valence-corrected chi connectivity index (χ3v) is 4.52. The molecule has 1 heterocycles. The monoisotopic (exact) mass is 393 g/mol. The number of hydrogen-bond acceptors (Lipinski definition) is 7. The number of anilines is 1. The molecule has 0 aliphatic carbocycles. The Balaban J connectivity index is 2.07. The summed E-state index contributed by atoms with van der Waals surface area (Å²) in [5, 5.41) is 18.2. The van der Waals surface area contributed by atoms with Crippen molar-refractivity contribution < 1.29 is 24.5 Å². The molecule has 28 heavy (non-hydrogen) atoms. The maximum Gasteiger partial charge on any atom is 0.305 e. The summed E-state index contributed by atoms with van der Waals surface area (Å²) >= 11 is 0. The predicted octanol–water partition coefficient (Wildman–Crippen LogP) is 1.27. The van der Waals surface area contributed by atoms with E-state index in [2.05, 4.69) is 0 Å². The van der Waals surface area contributed by atoms with E-state index in [4.69, 9.17) is 19.6 Å². The van der Waals surface area contributed by atoms with Crippen LogP contribution in [0, 0.1) is 0 Å². The van der Waals surface area contributed by atoms with Crippen molar-refractivity contribution in [2.45, 2.75) is 26.2 Å². The van der Waals surface area contributed by atoms with Crippen molar-refractivity contribution in [3.63, 3.8) is 0 Å². The normalized spacial score (nSPS) is 11.1. The van der Waals surface area contributed by atoms with Crippen LogP contribution in [0.1, 0.15) is 25.6 Å². The Hall–Kier alpha value is -2.16. The van der Waals surface area contributed by atoms with E-state index >= 15 is 0 Å². The van der Waals surface area contributed by atoms with Gasteiger partial charge in [0.25, 0.3) is 0 Å². The van der Waals surface area contributed by atoms with Crippen LogP contribution in [0.25, 0.3) is 11.0 Å². The Kier molecular flexibility index (Phi) is 9.19. The van der Waals surface area contributed by atoms with E-state index < -0.39 is 0 Å². The molecule has 0 saturated carbocycles. The number of aliphatic hydroxyl groups is 2. The molecule has 0 aliphatic rings. The lowest BCUT2D eigenvalue weighted by Gasteiger charge is -2.23. The van der Waals surface area contributed by atoms with Crippen molar-refractivity contribution in [3.05, 3.63) is 24.0 Å². The summed E-state index contributed by atoms with van der Waals surface area (Å²) < 4.78 is 12.4. The maximum atomic E-state index is 11.5. The standard InChI is InChI=1S/C20H31N3O5/c1-3-28-20(26)6-4-5-19-21-17-15-16(7-8-18(17)22(19)2)23(9-11-24)10-13-27-14-12-25/h7-8,15,24-25H,3-6,9-14H2,1-2H3. The molecular weight excluding hydrogens is 362 g/mol. The Morgan fingerprint density at radius 2 is 2.04 bits per heavy atom. The van der Waals surface area contributed by atoms with Gasteiger partial charge in [-0.3, -0.25) is 4.79 Å². The molecule has 0 spiro atoms. The van der Waals surface area contributed by atoms with Crippen molar-refractivity contribution >= 4 is 22.7 Å². The van der Waals surface area contributed by atoms with E-state index in [-0.39, 0.29) is 19.2 Å². The zero-order chi connectivity index (χ0) is 20.4. The van der Waals surface area contributed by atoms with E-state index in [1.54, 1.807) is 6.92 Å². The molecule has 2 N–H and O–H groups in total. The van der Waals surface area contributed by atoms with E-state index in [0.717, 1.165) is 22.5 Å². The number of nitrogens with zero attached hydrogens (tertiary/aromatic N) is 3. The number of carbonyl (C=O) groups is 1. The molecule has 0 amide bonds. The first-order chi connectivity index (χ1) is 13.6. The molecule has 1 aromatic carbocycles. The Bertz CT molecular complexity index is 747. The minimum Gasteiger partial charge on any atom is -0.466 e. The maximum absolute atomic E-state index is 11.5. The Labute approximate surface area is 165 Å². The summed E-state index contributed by atoms with van der Waals surface area (Å²) in [6, 6.07) is 6.03. The number of imidazole rings is 1. The van der Waals surface area contributed by atoms with Gasteiger partial charge in [0.05, 0.1) is 44.1 Å². The van der Waals surface area contributed by atoms with Crippen LogP contribution in [0.4, 0.5) is 5.69 Å². The molecule has 8 nitrogen and oxygen atoms in total. The van der Waals surface area contributed by atoms with Crippen LogP contribution in [0.5, 0.6) is 0 Å². The van der Waals surface area contributed by atoms with Crippen molar-refractivity contribution in [1.82, 2.24) is 9.55 Å². The number of carbonyl (C=O) groups excluding carboxylic acids is 1. The topological polar surface area (TPSA) is 97.1 Å². The number of fused-ring (bicyclic) bond motifs is 1. The number of hydrogen-bond donors (Lipinski definition) is 2. The second kappa shape index (κ2) is 11.6. The molecule has 2 aromatic rings. The molecule has 0 aliphatic heterocycles. The second-order valence-corrected chi connectivity index (χ2v) is 6.47. The van der Waals surface area contributed by atoms with Gasteiger partial charge in [0.1, 0.15) is 5.82 Å². The van der Waals surface area contributed by atoms with E-state index in [9.17, 15) is 9.90 Å². The molecule has 0 bridgehead atoms. The van der Waals surface area contributed by atoms with Crippen molar-refractivity contribution in [2.75, 3.05) is 51.0 Å². The SMILES string of the molecule is CCOC(=O)CCCc1nc2cc(N(CCO)CCOCCO)ccc2n1C. The first kappa shape index (κ1) is 22.1. The average Bonchev–Trinajstić information content (AvgIpc) is 2.99. The van der Waals surface area contributed by atoms with Gasteiger partial charge in [0.15, 0.2) is 0 Å². The quantitative estimate of drug-likeness (QED) is 0.391. The van der Waals surface area contributed by atoms with E-state index in [1.807, 2.05) is 34.7 Å². The highest BCUT2D eigenvalue weighted by Crippen LogP contribution is 2.23. The second-order valence-electron chi connectivity index (χ2n) is 6.47. The van der Waals surface area contributed by atoms with E-state index in [1.165, 1.54) is 0 Å². The molecule has 0 radical (unpaired) electrons. The highest BCUT2D eigenvalue weighted by Gasteiger charge is 2.12. The van der Waals surface area contributed by atoms with Gasteiger partial charge < -0.3 is 29.2 Å². The Morgan fingerprint density at radius 1 is 1.21 bits per heavy atom. The fourth-order valence-corrected chi connectivity index (χ4v) is 3.11. The molecule has 0 fully saturated rings. The van der Waals surface area contributed by atoms with Crippen LogP contribution in [-0.2, 0) is 27.7 Å². The smallest absolute Gasteiger partial charge is 0.305 e. The number of benzene rings is 1. The minimum absolute atomic E-state index is 0.00115. The zero-order valence-corrected chi connectivity index (χ0v) is 16.8. The molecule has 2 rings (SSSR count). The lowest BCUT2D eigenvalue weighted by Crippen LogP contribution is -2.30. The fourth-order valence-electron chi connectivity index (χ4n) is 3.11. The number of esters is 1. The van der Waals surface area contributed by atoms with Gasteiger partial charge in [0, 0.05) is 38.7 Å². The predicted molar refractivity (Wildman–Crippen MR) is 107 cm³/mol. The van der Waals surface area contributed by atoms with E-state index in [0.29, 0.717) is 52.2 Å². The molecule has 8 heteroatoms. The highest BCUT2D eigenvalue weighted by molar-refractivity contribution is 5.80. The van der Waals surface area contributed by atoms with Gasteiger partial charge in [-0.1, -0.05) is 0 Å². The average molecular weight is 393 g/mol. The van der Waals surface area contributed by atoms with Gasteiger partial charge in [-0.25, -0.2) is 4.98 Å². The summed E-state index contributed by atoms with van der Waals surface area (Å²) in [6.45, 7) is 4.14. The van der Waals surface area contributed by atoms with Crippen molar-refractivity contribution in [3.8, 4) is 0 Å². The van der Waals surface area contributed by atoms with Crippen LogP contribution in [0.15, 0.2) is 18.2 Å². The van der Waals surface area contributed by atoms with Crippen LogP contribution in [-0.4, -0.2) is 71.9 Å². The number of aryl methyl sites for hydroxylation is 2. The fraction of sp³-hybridized carbons (Fsp3) is 0.600. The summed E-state index contributed by atoms with van der Waals surface area (Å²) in [7, 11) is 1.98. The molecule has 0 unspecified atom stereocenters. The first-order valence-electron chi connectivity index (χ1n) is 9.76. The summed E-state index contributed by atoms with van der Waals surface area (Å²) in [5.41, 5.74) is 2.87. The van der Waals surface area contributed by atoms with Crippen LogP contribution < -0.4 is 4.90 Å². The van der Waals surface area contributed by atoms with Crippen LogP contribution in [0.3, 0.4) is 0 Å². The number of ether oxygens (including phenoxy) is 2. The first-order valence-corrected chi connectivity index (χ1v) is 9.76. The number of aromatic nitrogens is 2. The third-order valence-electron chi connectivity index (χ3n) is 4.52. The third kappa shape index (κ3) is 6.19. The molecule has 1 aromatic heterocycles. The molecular formula is C20H31N3O5. The lowest BCUT2D eigenvalue weighted by atomic mass is 10.2. The van der Waals surface area contributed by atoms with Gasteiger partial charge >= 0.3 is 5.97 Å². The molecule has 0 atom stereocenters. The van der Waals surface area contributed by atoms with Crippen LogP contribution in [0.2, 0.25) is 0 Å². The highest BCUT2D eigenvalue weighted by atomic mass is 16.5. The molecule has 156 valence electrons. The summed E-state index contributed by atoms with van der Waals surface area (Å²) in [5.74, 6) is 0.753. The minimum atomic E-state index is -0.174. The van der Waals surface area contributed by atoms with Gasteiger partial charge in [-0.15, -0.1) is 0 Å². The largest absolute Gasteiger partial charge is 0.466 e. The summed E-state index contributed by atoms with van der Waals surface area (Å²) in [4.78, 5) is 18.3. The Morgan fingerprint density at radius 3 is 2.75 bits per heavy atom. The molecule has 0 saturated heterocycles. The number of aliphatic hydroxyl groups excluding tert-OH is 2. The van der Waals surface area contributed by atoms with Gasteiger partial charge in [0.2, 0.25) is 0 Å². The zero-order valence-electron chi connectivity index (χ0n) is 16.8.